The standard InChI is InChI=1S/C26H17FN2/c27-25-8-5-18(6-9-25)21-3-1-19-2-4-22(16-24(19)15-21)23-7-10-26(29-17-23)20-11-13-28-14-12-20/h1-17H. The molecular weight excluding hydrogens is 359 g/mol. The molecule has 5 aromatic rings. The molecule has 0 fully saturated rings. The van der Waals surface area contributed by atoms with Crippen LogP contribution in [-0.4, -0.2) is 9.97 Å². The second kappa shape index (κ2) is 7.28. The van der Waals surface area contributed by atoms with E-state index in [-0.39, 0.29) is 5.82 Å². The molecule has 0 spiro atoms. The smallest absolute Gasteiger partial charge is 0.123 e. The maximum absolute atomic E-state index is 13.2. The van der Waals surface area contributed by atoms with Crippen molar-refractivity contribution in [3.8, 4) is 33.5 Å². The molecule has 0 aliphatic heterocycles. The summed E-state index contributed by atoms with van der Waals surface area (Å²) in [6.07, 6.45) is 5.45. The quantitative estimate of drug-likeness (QED) is 0.347. The third-order valence-corrected chi connectivity index (χ3v) is 5.09. The molecule has 0 amide bonds. The van der Waals surface area contributed by atoms with Gasteiger partial charge in [0, 0.05) is 29.7 Å². The summed E-state index contributed by atoms with van der Waals surface area (Å²) in [5, 5.41) is 2.31. The van der Waals surface area contributed by atoms with Gasteiger partial charge in [-0.2, -0.15) is 0 Å². The summed E-state index contributed by atoms with van der Waals surface area (Å²) in [5.41, 5.74) is 6.23. The van der Waals surface area contributed by atoms with E-state index in [0.717, 1.165) is 38.9 Å². The minimum atomic E-state index is -0.223. The fourth-order valence-electron chi connectivity index (χ4n) is 3.51. The van der Waals surface area contributed by atoms with Crippen molar-refractivity contribution in [2.45, 2.75) is 0 Å². The molecule has 5 rings (SSSR count). The summed E-state index contributed by atoms with van der Waals surface area (Å²) in [6, 6.07) is 27.3. The van der Waals surface area contributed by atoms with Crippen molar-refractivity contribution in [3.63, 3.8) is 0 Å². The van der Waals surface area contributed by atoms with Crippen LogP contribution in [0.4, 0.5) is 4.39 Å². The Bertz CT molecular complexity index is 1280. The van der Waals surface area contributed by atoms with Crippen molar-refractivity contribution in [1.82, 2.24) is 9.97 Å². The van der Waals surface area contributed by atoms with Crippen LogP contribution in [0, 0.1) is 5.82 Å². The van der Waals surface area contributed by atoms with Crippen molar-refractivity contribution >= 4 is 10.8 Å². The van der Waals surface area contributed by atoms with E-state index in [9.17, 15) is 4.39 Å². The molecular formula is C26H17FN2. The van der Waals surface area contributed by atoms with E-state index in [1.165, 1.54) is 17.5 Å². The fourth-order valence-corrected chi connectivity index (χ4v) is 3.51. The molecule has 138 valence electrons. The Labute approximate surface area is 168 Å². The number of hydrogen-bond acceptors (Lipinski definition) is 2. The van der Waals surface area contributed by atoms with Crippen molar-refractivity contribution < 1.29 is 4.39 Å². The topological polar surface area (TPSA) is 25.8 Å². The number of aromatic nitrogens is 2. The SMILES string of the molecule is Fc1ccc(-c2ccc3ccc(-c4ccc(-c5ccncc5)nc4)cc3c2)cc1. The average molecular weight is 376 g/mol. The summed E-state index contributed by atoms with van der Waals surface area (Å²) in [5.74, 6) is -0.223. The van der Waals surface area contributed by atoms with Gasteiger partial charge in [-0.25, -0.2) is 4.39 Å². The Morgan fingerprint density at radius 3 is 1.79 bits per heavy atom. The number of benzene rings is 3. The Morgan fingerprint density at radius 1 is 0.517 bits per heavy atom. The third-order valence-electron chi connectivity index (χ3n) is 5.09. The molecule has 29 heavy (non-hydrogen) atoms. The van der Waals surface area contributed by atoms with Gasteiger partial charge in [0.1, 0.15) is 5.82 Å². The molecule has 0 saturated carbocycles. The van der Waals surface area contributed by atoms with Crippen molar-refractivity contribution in [3.05, 3.63) is 109 Å². The molecule has 0 aliphatic carbocycles. The second-order valence-corrected chi connectivity index (χ2v) is 6.95. The van der Waals surface area contributed by atoms with Crippen LogP contribution in [-0.2, 0) is 0 Å². The maximum atomic E-state index is 13.2. The van der Waals surface area contributed by atoms with Crippen LogP contribution in [0.5, 0.6) is 0 Å². The highest BCUT2D eigenvalue weighted by molar-refractivity contribution is 5.90. The number of rotatable bonds is 3. The molecule has 0 radical (unpaired) electrons. The van der Waals surface area contributed by atoms with Crippen LogP contribution in [0.2, 0.25) is 0 Å². The zero-order valence-electron chi connectivity index (χ0n) is 15.6. The second-order valence-electron chi connectivity index (χ2n) is 6.95. The van der Waals surface area contributed by atoms with Gasteiger partial charge >= 0.3 is 0 Å². The first-order chi connectivity index (χ1) is 14.3. The molecule has 0 unspecified atom stereocenters. The predicted octanol–water partition coefficient (Wildman–Crippen LogP) is 6.77. The highest BCUT2D eigenvalue weighted by Gasteiger charge is 2.05. The lowest BCUT2D eigenvalue weighted by molar-refractivity contribution is 0.628. The summed E-state index contributed by atoms with van der Waals surface area (Å²) >= 11 is 0. The Kier molecular flexibility index (Phi) is 4.34. The number of fused-ring (bicyclic) bond motifs is 1. The van der Waals surface area contributed by atoms with Gasteiger partial charge in [0.2, 0.25) is 0 Å². The first-order valence-corrected chi connectivity index (χ1v) is 9.43. The first-order valence-electron chi connectivity index (χ1n) is 9.43. The maximum Gasteiger partial charge on any atom is 0.123 e. The monoisotopic (exact) mass is 376 g/mol. The van der Waals surface area contributed by atoms with E-state index in [1.807, 2.05) is 36.5 Å². The molecule has 3 aromatic carbocycles. The number of hydrogen-bond donors (Lipinski definition) is 0. The van der Waals surface area contributed by atoms with Gasteiger partial charge in [-0.15, -0.1) is 0 Å². The highest BCUT2D eigenvalue weighted by Crippen LogP contribution is 2.29. The van der Waals surface area contributed by atoms with Crippen LogP contribution in [0.3, 0.4) is 0 Å². The number of halogens is 1. The largest absolute Gasteiger partial charge is 0.265 e. The van der Waals surface area contributed by atoms with Crippen LogP contribution in [0.1, 0.15) is 0 Å². The van der Waals surface area contributed by atoms with Gasteiger partial charge in [-0.3, -0.25) is 9.97 Å². The molecule has 2 aromatic heterocycles. The molecule has 0 aliphatic rings. The Hall–Kier alpha value is -3.85. The molecule has 2 heterocycles. The minimum Gasteiger partial charge on any atom is -0.265 e. The van der Waals surface area contributed by atoms with Gasteiger partial charge in [-0.05, 0) is 69.9 Å². The molecule has 0 N–H and O–H groups in total. The van der Waals surface area contributed by atoms with Gasteiger partial charge in [0.15, 0.2) is 0 Å². The van der Waals surface area contributed by atoms with E-state index < -0.39 is 0 Å². The molecule has 0 saturated heterocycles. The van der Waals surface area contributed by atoms with E-state index in [0.29, 0.717) is 0 Å². The Balaban J connectivity index is 1.51. The van der Waals surface area contributed by atoms with E-state index in [4.69, 9.17) is 0 Å². The van der Waals surface area contributed by atoms with Gasteiger partial charge in [0.25, 0.3) is 0 Å². The van der Waals surface area contributed by atoms with Gasteiger partial charge < -0.3 is 0 Å². The van der Waals surface area contributed by atoms with E-state index in [2.05, 4.69) is 52.4 Å². The van der Waals surface area contributed by atoms with Crippen LogP contribution < -0.4 is 0 Å². The summed E-state index contributed by atoms with van der Waals surface area (Å²) in [6.45, 7) is 0. The lowest BCUT2D eigenvalue weighted by Gasteiger charge is -2.08. The Morgan fingerprint density at radius 2 is 1.14 bits per heavy atom. The van der Waals surface area contributed by atoms with Crippen molar-refractivity contribution in [2.24, 2.45) is 0 Å². The molecule has 0 bridgehead atoms. The number of pyridine rings is 2. The summed E-state index contributed by atoms with van der Waals surface area (Å²) < 4.78 is 13.2. The summed E-state index contributed by atoms with van der Waals surface area (Å²) in [7, 11) is 0. The lowest BCUT2D eigenvalue weighted by Crippen LogP contribution is -1.86. The molecule has 0 atom stereocenters. The van der Waals surface area contributed by atoms with Gasteiger partial charge in [-0.1, -0.05) is 42.5 Å². The third kappa shape index (κ3) is 3.50. The van der Waals surface area contributed by atoms with Crippen LogP contribution in [0.15, 0.2) is 104 Å². The lowest BCUT2D eigenvalue weighted by atomic mass is 9.98. The van der Waals surface area contributed by atoms with E-state index in [1.54, 1.807) is 12.4 Å². The summed E-state index contributed by atoms with van der Waals surface area (Å²) in [4.78, 5) is 8.67. The normalized spacial score (nSPS) is 10.9. The minimum absolute atomic E-state index is 0.223. The first kappa shape index (κ1) is 17.3. The van der Waals surface area contributed by atoms with Crippen LogP contribution in [0.25, 0.3) is 44.3 Å². The highest BCUT2D eigenvalue weighted by atomic mass is 19.1. The van der Waals surface area contributed by atoms with Crippen LogP contribution >= 0.6 is 0 Å². The predicted molar refractivity (Wildman–Crippen MR) is 116 cm³/mol. The molecule has 3 heteroatoms. The van der Waals surface area contributed by atoms with Crippen molar-refractivity contribution in [1.29, 1.82) is 0 Å². The van der Waals surface area contributed by atoms with Crippen molar-refractivity contribution in [2.75, 3.05) is 0 Å². The zero-order chi connectivity index (χ0) is 19.6. The van der Waals surface area contributed by atoms with Gasteiger partial charge in [0.05, 0.1) is 5.69 Å². The average Bonchev–Trinajstić information content (AvgIpc) is 2.79. The van der Waals surface area contributed by atoms with E-state index >= 15 is 0 Å². The number of nitrogens with zero attached hydrogens (tertiary/aromatic N) is 2. The molecule has 2 nitrogen and oxygen atoms in total. The fraction of sp³-hybridized carbons (Fsp3) is 0. The zero-order valence-corrected chi connectivity index (χ0v) is 15.6.